The molecule has 2 aliphatic rings. The Labute approximate surface area is 190 Å². The summed E-state index contributed by atoms with van der Waals surface area (Å²) in [5.41, 5.74) is -0.993. The first kappa shape index (κ1) is 26.4. The van der Waals surface area contributed by atoms with Crippen molar-refractivity contribution in [1.29, 1.82) is 0 Å². The number of aliphatic carboxylic acids is 1. The van der Waals surface area contributed by atoms with Crippen LogP contribution in [0.4, 0.5) is 0 Å². The lowest BCUT2D eigenvalue weighted by Gasteiger charge is -2.45. The van der Waals surface area contributed by atoms with Crippen molar-refractivity contribution >= 4 is 35.5 Å². The van der Waals surface area contributed by atoms with E-state index in [0.717, 1.165) is 0 Å². The number of fused-ring (bicyclic) bond motifs is 1. The maximum Gasteiger partial charge on any atom is 0.327 e. The van der Waals surface area contributed by atoms with Crippen molar-refractivity contribution in [1.82, 2.24) is 15.5 Å². The highest BCUT2D eigenvalue weighted by Gasteiger charge is 2.61. The lowest BCUT2D eigenvalue weighted by atomic mass is 9.84. The van der Waals surface area contributed by atoms with E-state index in [2.05, 4.69) is 10.6 Å². The first-order valence-electron chi connectivity index (χ1n) is 10.6. The predicted molar refractivity (Wildman–Crippen MR) is 116 cm³/mol. The molecule has 0 aliphatic carbocycles. The van der Waals surface area contributed by atoms with Crippen molar-refractivity contribution in [3.8, 4) is 0 Å². The topological polar surface area (TPSA) is 176 Å². The highest BCUT2D eigenvalue weighted by molar-refractivity contribution is 8.00. The van der Waals surface area contributed by atoms with Gasteiger partial charge in [0.1, 0.15) is 12.1 Å². The Morgan fingerprint density at radius 1 is 1.22 bits per heavy atom. The number of β-lactam (4-membered cyclic amide) rings is 1. The molecule has 3 amide bonds. The Balaban J connectivity index is 1.70. The summed E-state index contributed by atoms with van der Waals surface area (Å²) in [5.74, 6) is -2.49. The molecule has 11 nitrogen and oxygen atoms in total. The van der Waals surface area contributed by atoms with Crippen LogP contribution in [0.25, 0.3) is 0 Å². The molecule has 32 heavy (non-hydrogen) atoms. The minimum Gasteiger partial charge on any atom is -0.480 e. The second-order valence-electron chi connectivity index (χ2n) is 8.95. The smallest absolute Gasteiger partial charge is 0.327 e. The van der Waals surface area contributed by atoms with Crippen molar-refractivity contribution in [2.45, 2.75) is 63.2 Å². The fourth-order valence-electron chi connectivity index (χ4n) is 4.03. The van der Waals surface area contributed by atoms with Gasteiger partial charge in [-0.05, 0) is 13.3 Å². The Hall–Kier alpha value is -1.89. The van der Waals surface area contributed by atoms with E-state index in [1.54, 1.807) is 13.8 Å². The number of thioether (sulfide) groups is 1. The highest BCUT2D eigenvalue weighted by Crippen LogP contribution is 2.45. The highest BCUT2D eigenvalue weighted by atomic mass is 32.2. The van der Waals surface area contributed by atoms with Gasteiger partial charge in [-0.2, -0.15) is 11.8 Å². The molecule has 12 heteroatoms. The van der Waals surface area contributed by atoms with Crippen molar-refractivity contribution in [2.75, 3.05) is 25.4 Å². The number of nitrogens with zero attached hydrogens (tertiary/aromatic N) is 1. The molecule has 182 valence electrons. The number of nitrogens with one attached hydrogen (secondary N) is 2. The second-order valence-corrected chi connectivity index (χ2v) is 10.3. The number of hydrogen-bond donors (Lipinski definition) is 6. The van der Waals surface area contributed by atoms with Gasteiger partial charge < -0.3 is 36.0 Å². The Kier molecular flexibility index (Phi) is 8.91. The summed E-state index contributed by atoms with van der Waals surface area (Å²) < 4.78 is 0. The van der Waals surface area contributed by atoms with Crippen LogP contribution in [-0.4, -0.2) is 104 Å². The van der Waals surface area contributed by atoms with Crippen LogP contribution in [0.15, 0.2) is 0 Å². The van der Waals surface area contributed by atoms with Gasteiger partial charge in [-0.25, -0.2) is 4.79 Å². The molecule has 0 aromatic carbocycles. The Bertz CT molecular complexity index is 732. The summed E-state index contributed by atoms with van der Waals surface area (Å²) in [4.78, 5) is 49.0. The molecule has 2 aliphatic heterocycles. The van der Waals surface area contributed by atoms with Crippen LogP contribution in [0.1, 0.15) is 33.6 Å². The van der Waals surface area contributed by atoms with Crippen LogP contribution in [0.5, 0.6) is 0 Å². The third-order valence-electron chi connectivity index (χ3n) is 6.01. The van der Waals surface area contributed by atoms with Crippen molar-refractivity contribution in [3.63, 3.8) is 0 Å². The molecular weight excluding hydrogens is 442 g/mol. The van der Waals surface area contributed by atoms with Crippen LogP contribution in [0.3, 0.4) is 0 Å². The quantitative estimate of drug-likeness (QED) is 0.140. The first-order valence-corrected chi connectivity index (χ1v) is 11.6. The maximum absolute atomic E-state index is 12.2. The molecular formula is C20H33N3O8S. The van der Waals surface area contributed by atoms with Gasteiger partial charge in [-0.3, -0.25) is 14.4 Å². The van der Waals surface area contributed by atoms with Crippen molar-refractivity contribution in [3.05, 3.63) is 0 Å². The van der Waals surface area contributed by atoms with Gasteiger partial charge in [0.25, 0.3) is 0 Å². The molecule has 2 fully saturated rings. The number of aliphatic hydroxyl groups excluding tert-OH is 3. The molecule has 0 aromatic heterocycles. The predicted octanol–water partition coefficient (Wildman–Crippen LogP) is -1.85. The van der Waals surface area contributed by atoms with Crippen LogP contribution in [-0.2, 0) is 19.2 Å². The van der Waals surface area contributed by atoms with Crippen LogP contribution in [0.2, 0.25) is 0 Å². The average molecular weight is 476 g/mol. The number of aliphatic hydroxyl groups is 3. The lowest BCUT2D eigenvalue weighted by molar-refractivity contribution is -0.169. The van der Waals surface area contributed by atoms with Crippen molar-refractivity contribution < 1.29 is 39.6 Å². The van der Waals surface area contributed by atoms with Gasteiger partial charge in [0.05, 0.1) is 18.6 Å². The Morgan fingerprint density at radius 3 is 2.44 bits per heavy atom. The molecule has 6 atom stereocenters. The number of amides is 3. The lowest BCUT2D eigenvalue weighted by Crippen LogP contribution is -2.64. The van der Waals surface area contributed by atoms with E-state index in [4.69, 9.17) is 0 Å². The average Bonchev–Trinajstić information content (AvgIpc) is 3.04. The number of carbonyl (C=O) groups excluding carboxylic acids is 3. The first-order chi connectivity index (χ1) is 14.9. The van der Waals surface area contributed by atoms with Gasteiger partial charge in [-0.15, -0.1) is 0 Å². The molecule has 2 rings (SSSR count). The molecule has 2 unspecified atom stereocenters. The fourth-order valence-corrected chi connectivity index (χ4v) is 5.32. The third-order valence-corrected chi connectivity index (χ3v) is 7.33. The summed E-state index contributed by atoms with van der Waals surface area (Å²) >= 11 is 1.37. The van der Waals surface area contributed by atoms with Gasteiger partial charge in [0.2, 0.25) is 17.7 Å². The zero-order chi connectivity index (χ0) is 24.2. The molecule has 0 spiro atoms. The van der Waals surface area contributed by atoms with Crippen molar-refractivity contribution in [2.24, 2.45) is 11.3 Å². The van der Waals surface area contributed by atoms with Gasteiger partial charge in [-0.1, -0.05) is 13.8 Å². The van der Waals surface area contributed by atoms with E-state index in [1.807, 2.05) is 0 Å². The van der Waals surface area contributed by atoms with E-state index in [0.29, 0.717) is 18.7 Å². The number of hydrogen-bond acceptors (Lipinski definition) is 8. The largest absolute Gasteiger partial charge is 0.480 e. The summed E-state index contributed by atoms with van der Waals surface area (Å²) in [6.07, 6.45) is -1.73. The maximum atomic E-state index is 12.2. The van der Waals surface area contributed by atoms with E-state index >= 15 is 0 Å². The molecule has 6 N–H and O–H groups in total. The minimum absolute atomic E-state index is 0.00425. The van der Waals surface area contributed by atoms with E-state index in [9.17, 15) is 39.6 Å². The molecule has 0 radical (unpaired) electrons. The zero-order valence-electron chi connectivity index (χ0n) is 18.5. The number of carboxylic acids is 1. The second kappa shape index (κ2) is 10.8. The molecule has 2 saturated heterocycles. The normalized spacial score (nSPS) is 26.7. The van der Waals surface area contributed by atoms with Gasteiger partial charge >= 0.3 is 5.97 Å². The fraction of sp³-hybridized carbons (Fsp3) is 0.800. The van der Waals surface area contributed by atoms with Crippen LogP contribution in [0, 0.1) is 11.3 Å². The Morgan fingerprint density at radius 2 is 1.88 bits per heavy atom. The summed E-state index contributed by atoms with van der Waals surface area (Å²) in [6.45, 7) is 4.57. The van der Waals surface area contributed by atoms with Crippen LogP contribution < -0.4 is 10.6 Å². The van der Waals surface area contributed by atoms with Gasteiger partial charge in [0.15, 0.2) is 0 Å². The zero-order valence-corrected chi connectivity index (χ0v) is 19.3. The number of carboxylic acid groups (broad SMARTS) is 1. The number of carbonyl (C=O) groups is 4. The van der Waals surface area contributed by atoms with Gasteiger partial charge in [0, 0.05) is 42.0 Å². The SMILES string of the molecule is CC(O)[C@@H]1C(=O)N2C1C[C@H](SCCNC(=O)CCNC(=O)[C@H](O)C(C)(C)CO)[C@@H]2C(=O)O. The summed E-state index contributed by atoms with van der Waals surface area (Å²) in [5, 5.41) is 43.2. The molecule has 0 saturated carbocycles. The molecule has 2 heterocycles. The number of rotatable bonds is 12. The standard InChI is InChI=1S/C20H33N3O8S/c1-10(25)14-11-8-12(15(19(30)31)23(11)18(14)29)32-7-6-21-13(26)4-5-22-17(28)16(27)20(2,3)9-24/h10-12,14-16,24-25,27H,4-9H2,1-3H3,(H,21,26)(H,22,28)(H,30,31)/t10?,11?,12-,14-,15+,16-/m0/s1. The third kappa shape index (κ3) is 5.72. The van der Waals surface area contributed by atoms with E-state index in [1.165, 1.54) is 23.6 Å². The van der Waals surface area contributed by atoms with E-state index in [-0.39, 0.29) is 42.7 Å². The van der Waals surface area contributed by atoms with Crippen LogP contribution >= 0.6 is 11.8 Å². The monoisotopic (exact) mass is 475 g/mol. The minimum atomic E-state index is -1.40. The molecule has 0 aromatic rings. The summed E-state index contributed by atoms with van der Waals surface area (Å²) in [7, 11) is 0. The van der Waals surface area contributed by atoms with E-state index < -0.39 is 41.5 Å². The molecule has 0 bridgehead atoms. The summed E-state index contributed by atoms with van der Waals surface area (Å²) in [6, 6.07) is -1.21.